The number of hydrogen-bond donors (Lipinski definition) is 1. The summed E-state index contributed by atoms with van der Waals surface area (Å²) in [6.07, 6.45) is 3.88. The number of hydrogen-bond acceptors (Lipinski definition) is 7. The maximum Gasteiger partial charge on any atom is 0.196 e. The lowest BCUT2D eigenvalue weighted by Crippen LogP contribution is -2.46. The second kappa shape index (κ2) is 9.80. The summed E-state index contributed by atoms with van der Waals surface area (Å²) >= 11 is 0. The zero-order valence-electron chi connectivity index (χ0n) is 21.7. The summed E-state index contributed by atoms with van der Waals surface area (Å²) < 4.78 is 5.97. The number of likely N-dealkylation sites (tertiary alicyclic amines) is 1. The Hall–Kier alpha value is -3.84. The van der Waals surface area contributed by atoms with Crippen molar-refractivity contribution in [2.45, 2.75) is 19.3 Å². The molecule has 0 bridgehead atoms. The van der Waals surface area contributed by atoms with Crippen molar-refractivity contribution in [2.75, 3.05) is 67.5 Å². The minimum atomic E-state index is 0.0437. The van der Waals surface area contributed by atoms with Gasteiger partial charge in [0.25, 0.3) is 0 Å². The highest BCUT2D eigenvalue weighted by atomic mass is 16.5. The van der Waals surface area contributed by atoms with Gasteiger partial charge in [0, 0.05) is 61.8 Å². The highest BCUT2D eigenvalue weighted by Gasteiger charge is 2.34. The van der Waals surface area contributed by atoms with E-state index in [4.69, 9.17) is 4.52 Å². The molecule has 2 aliphatic heterocycles. The Kier molecular flexibility index (Phi) is 6.01. The van der Waals surface area contributed by atoms with E-state index in [2.05, 4.69) is 61.6 Å². The molecule has 0 amide bonds. The highest BCUT2D eigenvalue weighted by Crippen LogP contribution is 2.46. The molecule has 0 unspecified atom stereocenters. The van der Waals surface area contributed by atoms with E-state index in [-0.39, 0.29) is 5.78 Å². The van der Waals surface area contributed by atoms with Crippen molar-refractivity contribution in [3.05, 3.63) is 71.8 Å². The first-order valence-electron chi connectivity index (χ1n) is 13.9. The molecule has 7 nitrogen and oxygen atoms in total. The van der Waals surface area contributed by atoms with Gasteiger partial charge in [-0.25, -0.2) is 0 Å². The Labute approximate surface area is 223 Å². The fraction of sp³-hybridized carbons (Fsp3) is 0.355. The standard InChI is InChI=1S/C31H33N5O2/c37-30-23-11-5-6-12-24(23)31-28-27(30)25(32-13-16-34-14-7-2-8-15-34)21-26(29(28)33-38-31)36-19-17-35(18-20-36)22-9-3-1-4-10-22/h1,3-6,9-12,21,32H,2,7-8,13-20H2. The number of ketones is 1. The number of benzene rings is 3. The van der Waals surface area contributed by atoms with Crippen LogP contribution in [0, 0.1) is 0 Å². The molecule has 38 heavy (non-hydrogen) atoms. The van der Waals surface area contributed by atoms with Crippen molar-refractivity contribution >= 4 is 33.7 Å². The van der Waals surface area contributed by atoms with Gasteiger partial charge >= 0.3 is 0 Å². The van der Waals surface area contributed by atoms with Crippen LogP contribution in [-0.2, 0) is 0 Å². The Balaban J connectivity index is 1.24. The number of nitrogens with one attached hydrogen (secondary N) is 1. The fourth-order valence-corrected chi connectivity index (χ4v) is 6.30. The number of nitrogens with zero attached hydrogens (tertiary/aromatic N) is 4. The number of fused-ring (bicyclic) bond motifs is 2. The van der Waals surface area contributed by atoms with Crippen molar-refractivity contribution < 1.29 is 9.32 Å². The molecule has 1 N–H and O–H groups in total. The predicted octanol–water partition coefficient (Wildman–Crippen LogP) is 5.26. The number of aromatic nitrogens is 1. The van der Waals surface area contributed by atoms with E-state index < -0.39 is 0 Å². The SMILES string of the molecule is O=C1c2ccccc2-c2onc3c(N4CCN(c5ccccc5)CC4)cc(NCCN4CCCCC4)c1c23. The molecule has 1 aromatic heterocycles. The Morgan fingerprint density at radius 3 is 2.32 bits per heavy atom. The average Bonchev–Trinajstić information content (AvgIpc) is 3.43. The topological polar surface area (TPSA) is 64.9 Å². The monoisotopic (exact) mass is 507 g/mol. The first-order valence-corrected chi connectivity index (χ1v) is 13.9. The molecule has 0 saturated carbocycles. The van der Waals surface area contributed by atoms with Gasteiger partial charge in [-0.1, -0.05) is 54.0 Å². The van der Waals surface area contributed by atoms with E-state index in [1.165, 1.54) is 24.9 Å². The van der Waals surface area contributed by atoms with E-state index in [1.54, 1.807) is 0 Å². The molecule has 2 saturated heterocycles. The predicted molar refractivity (Wildman–Crippen MR) is 153 cm³/mol. The largest absolute Gasteiger partial charge is 0.383 e. The number of carbonyl (C=O) groups excluding carboxylic acids is 1. The van der Waals surface area contributed by atoms with E-state index in [0.29, 0.717) is 16.9 Å². The summed E-state index contributed by atoms with van der Waals surface area (Å²) in [5.41, 5.74) is 6.18. The molecular weight excluding hydrogens is 474 g/mol. The minimum absolute atomic E-state index is 0.0437. The molecule has 0 radical (unpaired) electrons. The Morgan fingerprint density at radius 2 is 1.53 bits per heavy atom. The van der Waals surface area contributed by atoms with Crippen LogP contribution in [0.25, 0.3) is 22.2 Å². The van der Waals surface area contributed by atoms with Crippen LogP contribution in [-0.4, -0.2) is 68.2 Å². The highest BCUT2D eigenvalue weighted by molar-refractivity contribution is 6.28. The molecule has 7 heteroatoms. The number of para-hydroxylation sites is 1. The van der Waals surface area contributed by atoms with Gasteiger partial charge in [0.15, 0.2) is 11.5 Å². The molecule has 3 aromatic carbocycles. The fourth-order valence-electron chi connectivity index (χ4n) is 6.30. The number of carbonyl (C=O) groups is 1. The average molecular weight is 508 g/mol. The zero-order valence-corrected chi connectivity index (χ0v) is 21.7. The summed E-state index contributed by atoms with van der Waals surface area (Å²) in [7, 11) is 0. The first-order chi connectivity index (χ1) is 18.8. The molecule has 2 fully saturated rings. The summed E-state index contributed by atoms with van der Waals surface area (Å²) in [6.45, 7) is 7.71. The van der Waals surface area contributed by atoms with Crippen molar-refractivity contribution in [1.82, 2.24) is 10.1 Å². The maximum atomic E-state index is 13.8. The Bertz CT molecular complexity index is 1470. The van der Waals surface area contributed by atoms with Crippen molar-refractivity contribution in [3.63, 3.8) is 0 Å². The van der Waals surface area contributed by atoms with Gasteiger partial charge in [0.05, 0.1) is 16.6 Å². The van der Waals surface area contributed by atoms with Gasteiger partial charge < -0.3 is 24.5 Å². The van der Waals surface area contributed by atoms with Crippen molar-refractivity contribution in [3.8, 4) is 11.3 Å². The van der Waals surface area contributed by atoms with Crippen LogP contribution in [0.4, 0.5) is 17.1 Å². The van der Waals surface area contributed by atoms with Crippen molar-refractivity contribution in [2.24, 2.45) is 0 Å². The van der Waals surface area contributed by atoms with Crippen LogP contribution in [0.15, 0.2) is 65.2 Å². The zero-order chi connectivity index (χ0) is 25.5. The van der Waals surface area contributed by atoms with Crippen LogP contribution in [0.1, 0.15) is 35.2 Å². The van der Waals surface area contributed by atoms with Crippen LogP contribution >= 0.6 is 0 Å². The molecular formula is C31H33N5O2. The molecule has 0 spiro atoms. The van der Waals surface area contributed by atoms with E-state index in [0.717, 1.165) is 80.2 Å². The molecule has 0 atom stereocenters. The lowest BCUT2D eigenvalue weighted by Gasteiger charge is -2.37. The van der Waals surface area contributed by atoms with Crippen LogP contribution in [0.3, 0.4) is 0 Å². The Morgan fingerprint density at radius 1 is 0.816 bits per heavy atom. The summed E-state index contributed by atoms with van der Waals surface area (Å²) in [5.74, 6) is 0.747. The molecule has 3 heterocycles. The summed E-state index contributed by atoms with van der Waals surface area (Å²) in [4.78, 5) is 21.2. The lowest BCUT2D eigenvalue weighted by molar-refractivity contribution is 0.104. The van der Waals surface area contributed by atoms with E-state index in [1.807, 2.05) is 24.3 Å². The second-order valence-corrected chi connectivity index (χ2v) is 10.6. The van der Waals surface area contributed by atoms with Gasteiger partial charge in [0.2, 0.25) is 0 Å². The van der Waals surface area contributed by atoms with Crippen LogP contribution in [0.2, 0.25) is 0 Å². The smallest absolute Gasteiger partial charge is 0.196 e. The molecule has 3 aliphatic rings. The number of rotatable bonds is 6. The lowest BCUT2D eigenvalue weighted by atomic mass is 9.86. The third kappa shape index (κ3) is 4.02. The van der Waals surface area contributed by atoms with E-state index in [9.17, 15) is 4.79 Å². The van der Waals surface area contributed by atoms with E-state index >= 15 is 0 Å². The van der Waals surface area contributed by atoms with Crippen LogP contribution in [0.5, 0.6) is 0 Å². The van der Waals surface area contributed by atoms with Gasteiger partial charge in [-0.2, -0.15) is 0 Å². The maximum absolute atomic E-state index is 13.8. The third-order valence-electron chi connectivity index (χ3n) is 8.31. The number of piperazine rings is 1. The molecule has 4 aromatic rings. The second-order valence-electron chi connectivity index (χ2n) is 10.6. The molecule has 1 aliphatic carbocycles. The first kappa shape index (κ1) is 23.3. The van der Waals surface area contributed by atoms with Gasteiger partial charge in [0.1, 0.15) is 5.52 Å². The number of piperidine rings is 1. The quantitative estimate of drug-likeness (QED) is 0.336. The van der Waals surface area contributed by atoms with Crippen molar-refractivity contribution in [1.29, 1.82) is 0 Å². The molecule has 7 rings (SSSR count). The third-order valence-corrected chi connectivity index (χ3v) is 8.31. The minimum Gasteiger partial charge on any atom is -0.383 e. The number of anilines is 3. The summed E-state index contributed by atoms with van der Waals surface area (Å²) in [6, 6.07) is 20.5. The summed E-state index contributed by atoms with van der Waals surface area (Å²) in [5, 5.41) is 9.06. The van der Waals surface area contributed by atoms with Gasteiger partial charge in [-0.15, -0.1) is 0 Å². The normalized spacial score (nSPS) is 17.6. The van der Waals surface area contributed by atoms with Gasteiger partial charge in [-0.3, -0.25) is 4.79 Å². The molecule has 194 valence electrons. The van der Waals surface area contributed by atoms with Crippen LogP contribution < -0.4 is 15.1 Å². The van der Waals surface area contributed by atoms with Gasteiger partial charge in [-0.05, 0) is 44.1 Å².